The zero-order valence-corrected chi connectivity index (χ0v) is 8.52. The molecule has 2 nitrogen and oxygen atoms in total. The first kappa shape index (κ1) is 9.47. The Morgan fingerprint density at radius 2 is 2.08 bits per heavy atom. The van der Waals surface area contributed by atoms with Crippen LogP contribution in [0.25, 0.3) is 0 Å². The second kappa shape index (κ2) is 3.97. The topological polar surface area (TPSA) is 38.0 Å². The van der Waals surface area contributed by atoms with Gasteiger partial charge < -0.3 is 11.1 Å². The fraction of sp³-hybridized carbons (Fsp3) is 1.00. The number of rotatable bonds is 4. The summed E-state index contributed by atoms with van der Waals surface area (Å²) in [5.74, 6) is 0.966. The van der Waals surface area contributed by atoms with Gasteiger partial charge in [0.05, 0.1) is 0 Å². The molecular formula is C11H22N2. The van der Waals surface area contributed by atoms with Gasteiger partial charge in [0.25, 0.3) is 0 Å². The fourth-order valence-electron chi connectivity index (χ4n) is 2.80. The van der Waals surface area contributed by atoms with Gasteiger partial charge in [-0.3, -0.25) is 0 Å². The molecule has 1 saturated carbocycles. The van der Waals surface area contributed by atoms with Gasteiger partial charge in [-0.05, 0) is 63.1 Å². The standard InChI is InChI=1S/C11H22N2/c12-7-2-1-3-10-9-13-8-6-11(10)4-5-11/h10,13H,1-9,12H2. The molecule has 1 aliphatic carbocycles. The van der Waals surface area contributed by atoms with Crippen molar-refractivity contribution >= 4 is 0 Å². The Hall–Kier alpha value is -0.0800. The van der Waals surface area contributed by atoms with Crippen molar-refractivity contribution in [2.45, 2.75) is 38.5 Å². The zero-order valence-electron chi connectivity index (χ0n) is 8.52. The third kappa shape index (κ3) is 2.05. The molecule has 0 aromatic rings. The molecule has 1 heterocycles. The predicted octanol–water partition coefficient (Wildman–Crippen LogP) is 1.51. The minimum atomic E-state index is 0.792. The highest BCUT2D eigenvalue weighted by Gasteiger charge is 2.49. The molecule has 3 N–H and O–H groups in total. The second-order valence-electron chi connectivity index (χ2n) is 4.80. The van der Waals surface area contributed by atoms with Crippen LogP contribution in [0.4, 0.5) is 0 Å². The van der Waals surface area contributed by atoms with Crippen molar-refractivity contribution in [3.63, 3.8) is 0 Å². The third-order valence-electron chi connectivity index (χ3n) is 3.96. The summed E-state index contributed by atoms with van der Waals surface area (Å²) < 4.78 is 0. The summed E-state index contributed by atoms with van der Waals surface area (Å²) in [6.45, 7) is 3.39. The first-order chi connectivity index (χ1) is 6.37. The van der Waals surface area contributed by atoms with Crippen LogP contribution < -0.4 is 11.1 Å². The molecule has 0 aromatic carbocycles. The molecule has 2 aliphatic rings. The molecule has 0 radical (unpaired) electrons. The molecule has 0 aromatic heterocycles. The molecule has 76 valence electrons. The quantitative estimate of drug-likeness (QED) is 0.647. The highest BCUT2D eigenvalue weighted by atomic mass is 14.9. The van der Waals surface area contributed by atoms with E-state index < -0.39 is 0 Å². The highest BCUT2D eigenvalue weighted by Crippen LogP contribution is 2.57. The van der Waals surface area contributed by atoms with E-state index in [2.05, 4.69) is 5.32 Å². The highest BCUT2D eigenvalue weighted by molar-refractivity contribution is 5.01. The van der Waals surface area contributed by atoms with Gasteiger partial charge in [0, 0.05) is 0 Å². The molecule has 1 saturated heterocycles. The van der Waals surface area contributed by atoms with Crippen molar-refractivity contribution in [2.24, 2.45) is 17.1 Å². The number of piperidine rings is 1. The van der Waals surface area contributed by atoms with E-state index >= 15 is 0 Å². The SMILES string of the molecule is NCCCCC1CNCCC12CC2. The van der Waals surface area contributed by atoms with Crippen LogP contribution in [0.3, 0.4) is 0 Å². The van der Waals surface area contributed by atoms with Crippen LogP contribution in [-0.2, 0) is 0 Å². The average molecular weight is 182 g/mol. The Morgan fingerprint density at radius 1 is 1.23 bits per heavy atom. The lowest BCUT2D eigenvalue weighted by Crippen LogP contribution is -2.37. The minimum Gasteiger partial charge on any atom is -0.330 e. The summed E-state index contributed by atoms with van der Waals surface area (Å²) in [6.07, 6.45) is 8.39. The van der Waals surface area contributed by atoms with Crippen LogP contribution in [0.15, 0.2) is 0 Å². The van der Waals surface area contributed by atoms with Crippen molar-refractivity contribution < 1.29 is 0 Å². The number of hydrogen-bond acceptors (Lipinski definition) is 2. The molecule has 1 aliphatic heterocycles. The Kier molecular flexibility index (Phi) is 2.89. The van der Waals surface area contributed by atoms with E-state index in [9.17, 15) is 0 Å². The molecule has 2 fully saturated rings. The van der Waals surface area contributed by atoms with E-state index in [1.54, 1.807) is 0 Å². The van der Waals surface area contributed by atoms with Crippen molar-refractivity contribution in [1.29, 1.82) is 0 Å². The van der Waals surface area contributed by atoms with Gasteiger partial charge in [0.15, 0.2) is 0 Å². The maximum atomic E-state index is 5.51. The third-order valence-corrected chi connectivity index (χ3v) is 3.96. The van der Waals surface area contributed by atoms with E-state index in [0.29, 0.717) is 0 Å². The number of unbranched alkanes of at least 4 members (excludes halogenated alkanes) is 1. The molecular weight excluding hydrogens is 160 g/mol. The Labute approximate surface area is 81.3 Å². The molecule has 13 heavy (non-hydrogen) atoms. The van der Waals surface area contributed by atoms with E-state index in [1.165, 1.54) is 51.6 Å². The first-order valence-corrected chi connectivity index (χ1v) is 5.78. The zero-order chi connectivity index (χ0) is 9.15. The lowest BCUT2D eigenvalue weighted by molar-refractivity contribution is 0.213. The Morgan fingerprint density at radius 3 is 2.77 bits per heavy atom. The van der Waals surface area contributed by atoms with Gasteiger partial charge in [-0.1, -0.05) is 6.42 Å². The van der Waals surface area contributed by atoms with Crippen molar-refractivity contribution in [1.82, 2.24) is 5.32 Å². The molecule has 1 spiro atoms. The van der Waals surface area contributed by atoms with Crippen LogP contribution in [0, 0.1) is 11.3 Å². The molecule has 0 bridgehead atoms. The van der Waals surface area contributed by atoms with Crippen LogP contribution in [0.1, 0.15) is 38.5 Å². The van der Waals surface area contributed by atoms with Gasteiger partial charge in [0.1, 0.15) is 0 Å². The molecule has 0 amide bonds. The van der Waals surface area contributed by atoms with Crippen molar-refractivity contribution in [3.05, 3.63) is 0 Å². The van der Waals surface area contributed by atoms with E-state index in [0.717, 1.165) is 17.9 Å². The minimum absolute atomic E-state index is 0.792. The maximum Gasteiger partial charge on any atom is -0.00152 e. The summed E-state index contributed by atoms with van der Waals surface area (Å²) in [5.41, 5.74) is 6.30. The van der Waals surface area contributed by atoms with E-state index in [4.69, 9.17) is 5.73 Å². The number of nitrogens with two attached hydrogens (primary N) is 1. The lowest BCUT2D eigenvalue weighted by atomic mass is 9.80. The number of nitrogens with one attached hydrogen (secondary N) is 1. The van der Waals surface area contributed by atoms with Crippen LogP contribution in [0.2, 0.25) is 0 Å². The normalized spacial score (nSPS) is 30.7. The Bertz CT molecular complexity index is 163. The number of hydrogen-bond donors (Lipinski definition) is 2. The van der Waals surface area contributed by atoms with Crippen LogP contribution in [0.5, 0.6) is 0 Å². The van der Waals surface area contributed by atoms with Gasteiger partial charge in [-0.2, -0.15) is 0 Å². The average Bonchev–Trinajstić information content (AvgIpc) is 2.90. The summed E-state index contributed by atoms with van der Waals surface area (Å²) in [5, 5.41) is 3.53. The van der Waals surface area contributed by atoms with Crippen molar-refractivity contribution in [2.75, 3.05) is 19.6 Å². The van der Waals surface area contributed by atoms with E-state index in [1.807, 2.05) is 0 Å². The second-order valence-corrected chi connectivity index (χ2v) is 4.80. The summed E-state index contributed by atoms with van der Waals surface area (Å²) >= 11 is 0. The molecule has 1 atom stereocenters. The monoisotopic (exact) mass is 182 g/mol. The van der Waals surface area contributed by atoms with Gasteiger partial charge in [0.2, 0.25) is 0 Å². The summed E-state index contributed by atoms with van der Waals surface area (Å²) in [7, 11) is 0. The lowest BCUT2D eigenvalue weighted by Gasteiger charge is -2.32. The largest absolute Gasteiger partial charge is 0.330 e. The van der Waals surface area contributed by atoms with Gasteiger partial charge in [-0.15, -0.1) is 0 Å². The molecule has 2 rings (SSSR count). The van der Waals surface area contributed by atoms with Gasteiger partial charge >= 0.3 is 0 Å². The van der Waals surface area contributed by atoms with Gasteiger partial charge in [-0.25, -0.2) is 0 Å². The van der Waals surface area contributed by atoms with Crippen LogP contribution in [-0.4, -0.2) is 19.6 Å². The maximum absolute atomic E-state index is 5.51. The fourth-order valence-corrected chi connectivity index (χ4v) is 2.80. The molecule has 2 heteroatoms. The Balaban J connectivity index is 1.76. The van der Waals surface area contributed by atoms with Crippen LogP contribution >= 0.6 is 0 Å². The van der Waals surface area contributed by atoms with Crippen molar-refractivity contribution in [3.8, 4) is 0 Å². The predicted molar refractivity (Wildman–Crippen MR) is 55.5 cm³/mol. The molecule has 1 unspecified atom stereocenters. The first-order valence-electron chi connectivity index (χ1n) is 5.78. The summed E-state index contributed by atoms with van der Waals surface area (Å²) in [6, 6.07) is 0. The summed E-state index contributed by atoms with van der Waals surface area (Å²) in [4.78, 5) is 0. The smallest absolute Gasteiger partial charge is 0.00152 e. The van der Waals surface area contributed by atoms with E-state index in [-0.39, 0.29) is 0 Å².